The first-order valence-corrected chi connectivity index (χ1v) is 6.76. The fourth-order valence-electron chi connectivity index (χ4n) is 2.55. The Morgan fingerprint density at radius 1 is 1.56 bits per heavy atom. The SMILES string of the molecule is CCOC1CCCN(c2cc(C)ncc2CN)C1. The van der Waals surface area contributed by atoms with E-state index >= 15 is 0 Å². The first-order valence-electron chi connectivity index (χ1n) is 6.76. The van der Waals surface area contributed by atoms with E-state index in [0.717, 1.165) is 37.4 Å². The first-order chi connectivity index (χ1) is 8.74. The van der Waals surface area contributed by atoms with Crippen LogP contribution in [0.1, 0.15) is 31.0 Å². The Bertz CT molecular complexity index is 393. The molecule has 0 saturated carbocycles. The second kappa shape index (κ2) is 6.16. The average molecular weight is 249 g/mol. The summed E-state index contributed by atoms with van der Waals surface area (Å²) in [4.78, 5) is 6.71. The summed E-state index contributed by atoms with van der Waals surface area (Å²) >= 11 is 0. The van der Waals surface area contributed by atoms with Crippen LogP contribution in [0.3, 0.4) is 0 Å². The highest BCUT2D eigenvalue weighted by Gasteiger charge is 2.21. The van der Waals surface area contributed by atoms with Gasteiger partial charge in [-0.2, -0.15) is 0 Å². The van der Waals surface area contributed by atoms with Crippen LogP contribution in [0.4, 0.5) is 5.69 Å². The number of aromatic nitrogens is 1. The third kappa shape index (κ3) is 3.00. The summed E-state index contributed by atoms with van der Waals surface area (Å²) in [5.41, 5.74) is 9.20. The maximum Gasteiger partial charge on any atom is 0.0750 e. The molecule has 1 aliphatic heterocycles. The van der Waals surface area contributed by atoms with Crippen molar-refractivity contribution in [3.63, 3.8) is 0 Å². The van der Waals surface area contributed by atoms with Crippen LogP contribution in [-0.2, 0) is 11.3 Å². The number of ether oxygens (including phenoxy) is 1. The summed E-state index contributed by atoms with van der Waals surface area (Å²) in [7, 11) is 0. The third-order valence-electron chi connectivity index (χ3n) is 3.44. The molecular weight excluding hydrogens is 226 g/mol. The standard InChI is InChI=1S/C14H23N3O/c1-3-18-13-5-4-6-17(10-13)14-7-11(2)16-9-12(14)8-15/h7,9,13H,3-6,8,10,15H2,1-2H3. The minimum absolute atomic E-state index is 0.350. The van der Waals surface area contributed by atoms with Gasteiger partial charge in [0.2, 0.25) is 0 Å². The van der Waals surface area contributed by atoms with E-state index in [0.29, 0.717) is 12.6 Å². The molecule has 1 unspecified atom stereocenters. The Morgan fingerprint density at radius 3 is 3.11 bits per heavy atom. The topological polar surface area (TPSA) is 51.4 Å². The van der Waals surface area contributed by atoms with Crippen LogP contribution >= 0.6 is 0 Å². The summed E-state index contributed by atoms with van der Waals surface area (Å²) in [6, 6.07) is 2.14. The third-order valence-corrected chi connectivity index (χ3v) is 3.44. The quantitative estimate of drug-likeness (QED) is 0.885. The van der Waals surface area contributed by atoms with Gasteiger partial charge in [0.25, 0.3) is 0 Å². The van der Waals surface area contributed by atoms with E-state index in [1.165, 1.54) is 12.1 Å². The van der Waals surface area contributed by atoms with Gasteiger partial charge in [-0.05, 0) is 32.8 Å². The van der Waals surface area contributed by atoms with E-state index in [9.17, 15) is 0 Å². The zero-order chi connectivity index (χ0) is 13.0. The van der Waals surface area contributed by atoms with Crippen molar-refractivity contribution in [2.45, 2.75) is 39.3 Å². The summed E-state index contributed by atoms with van der Waals surface area (Å²) in [5.74, 6) is 0. The summed E-state index contributed by atoms with van der Waals surface area (Å²) in [6.45, 7) is 7.45. The second-order valence-corrected chi connectivity index (χ2v) is 4.82. The Kier molecular flexibility index (Phi) is 4.55. The highest BCUT2D eigenvalue weighted by atomic mass is 16.5. The van der Waals surface area contributed by atoms with Gasteiger partial charge >= 0.3 is 0 Å². The van der Waals surface area contributed by atoms with Crippen molar-refractivity contribution >= 4 is 5.69 Å². The number of hydrogen-bond donors (Lipinski definition) is 1. The number of anilines is 1. The normalized spacial score (nSPS) is 20.2. The molecule has 1 atom stereocenters. The number of piperidine rings is 1. The van der Waals surface area contributed by atoms with E-state index in [2.05, 4.69) is 22.9 Å². The minimum Gasteiger partial charge on any atom is -0.377 e. The molecule has 18 heavy (non-hydrogen) atoms. The fraction of sp³-hybridized carbons (Fsp3) is 0.643. The summed E-state index contributed by atoms with van der Waals surface area (Å²) in [6.07, 6.45) is 4.58. The van der Waals surface area contributed by atoms with Crippen LogP contribution in [0.15, 0.2) is 12.3 Å². The van der Waals surface area contributed by atoms with Gasteiger partial charge in [0.1, 0.15) is 0 Å². The molecule has 4 nitrogen and oxygen atoms in total. The highest BCUT2D eigenvalue weighted by molar-refractivity contribution is 5.54. The van der Waals surface area contributed by atoms with Crippen LogP contribution in [-0.4, -0.2) is 30.8 Å². The Hall–Kier alpha value is -1.13. The van der Waals surface area contributed by atoms with Crippen molar-refractivity contribution in [2.75, 3.05) is 24.6 Å². The fourth-order valence-corrected chi connectivity index (χ4v) is 2.55. The van der Waals surface area contributed by atoms with Gasteiger partial charge in [0.05, 0.1) is 6.10 Å². The van der Waals surface area contributed by atoms with Gasteiger partial charge in [-0.1, -0.05) is 0 Å². The molecule has 1 aromatic heterocycles. The molecule has 0 aromatic carbocycles. The van der Waals surface area contributed by atoms with E-state index < -0.39 is 0 Å². The lowest BCUT2D eigenvalue weighted by Crippen LogP contribution is -2.40. The van der Waals surface area contributed by atoms with Crippen molar-refractivity contribution in [1.82, 2.24) is 4.98 Å². The van der Waals surface area contributed by atoms with Crippen LogP contribution in [0.5, 0.6) is 0 Å². The van der Waals surface area contributed by atoms with Gasteiger partial charge in [-0.3, -0.25) is 4.98 Å². The van der Waals surface area contributed by atoms with Crippen LogP contribution in [0, 0.1) is 6.92 Å². The van der Waals surface area contributed by atoms with Crippen LogP contribution in [0.25, 0.3) is 0 Å². The Morgan fingerprint density at radius 2 is 2.39 bits per heavy atom. The Labute approximate surface area is 109 Å². The molecule has 0 aliphatic carbocycles. The minimum atomic E-state index is 0.350. The number of nitrogens with zero attached hydrogens (tertiary/aromatic N) is 2. The van der Waals surface area contributed by atoms with E-state index in [4.69, 9.17) is 10.5 Å². The lowest BCUT2D eigenvalue weighted by Gasteiger charge is -2.35. The maximum absolute atomic E-state index is 5.80. The van der Waals surface area contributed by atoms with Crippen LogP contribution in [0.2, 0.25) is 0 Å². The number of pyridine rings is 1. The van der Waals surface area contributed by atoms with Crippen molar-refractivity contribution in [3.8, 4) is 0 Å². The van der Waals surface area contributed by atoms with Crippen molar-refractivity contribution in [1.29, 1.82) is 0 Å². The predicted octanol–water partition coefficient (Wildman–Crippen LogP) is 1.85. The van der Waals surface area contributed by atoms with Gasteiger partial charge < -0.3 is 15.4 Å². The molecule has 0 spiro atoms. The molecule has 1 saturated heterocycles. The molecule has 0 bridgehead atoms. The zero-order valence-corrected chi connectivity index (χ0v) is 11.4. The number of hydrogen-bond acceptors (Lipinski definition) is 4. The van der Waals surface area contributed by atoms with Gasteiger partial charge in [-0.15, -0.1) is 0 Å². The lowest BCUT2D eigenvalue weighted by atomic mass is 10.1. The van der Waals surface area contributed by atoms with E-state index in [1.807, 2.05) is 13.1 Å². The zero-order valence-electron chi connectivity index (χ0n) is 11.4. The predicted molar refractivity (Wildman–Crippen MR) is 73.7 cm³/mol. The molecule has 0 radical (unpaired) electrons. The summed E-state index contributed by atoms with van der Waals surface area (Å²) < 4.78 is 5.75. The van der Waals surface area contributed by atoms with Crippen LogP contribution < -0.4 is 10.6 Å². The molecule has 100 valence electrons. The van der Waals surface area contributed by atoms with Crippen molar-refractivity contribution < 1.29 is 4.74 Å². The molecule has 4 heteroatoms. The van der Waals surface area contributed by atoms with Gasteiger partial charge in [-0.25, -0.2) is 0 Å². The largest absolute Gasteiger partial charge is 0.377 e. The smallest absolute Gasteiger partial charge is 0.0750 e. The molecule has 1 aromatic rings. The van der Waals surface area contributed by atoms with Crippen molar-refractivity contribution in [2.24, 2.45) is 5.73 Å². The molecule has 2 rings (SSSR count). The molecule has 1 fully saturated rings. The van der Waals surface area contributed by atoms with E-state index in [-0.39, 0.29) is 0 Å². The highest BCUT2D eigenvalue weighted by Crippen LogP contribution is 2.25. The molecule has 0 amide bonds. The van der Waals surface area contributed by atoms with Gasteiger partial charge in [0.15, 0.2) is 0 Å². The van der Waals surface area contributed by atoms with Gasteiger partial charge in [0, 0.05) is 49.4 Å². The Balaban J connectivity index is 2.17. The molecule has 2 N–H and O–H groups in total. The number of nitrogens with two attached hydrogens (primary N) is 1. The second-order valence-electron chi connectivity index (χ2n) is 4.82. The van der Waals surface area contributed by atoms with Crippen molar-refractivity contribution in [3.05, 3.63) is 23.5 Å². The average Bonchev–Trinajstić information content (AvgIpc) is 2.39. The van der Waals surface area contributed by atoms with E-state index in [1.54, 1.807) is 0 Å². The number of rotatable bonds is 4. The number of aryl methyl sites for hydroxylation is 1. The molecule has 1 aliphatic rings. The molecule has 2 heterocycles. The maximum atomic E-state index is 5.80. The lowest BCUT2D eigenvalue weighted by molar-refractivity contribution is 0.0526. The molecular formula is C14H23N3O. The first kappa shape index (κ1) is 13.3. The monoisotopic (exact) mass is 249 g/mol. The summed E-state index contributed by atoms with van der Waals surface area (Å²) in [5, 5.41) is 0.